The van der Waals surface area contributed by atoms with E-state index in [-0.39, 0.29) is 17.7 Å². The summed E-state index contributed by atoms with van der Waals surface area (Å²) in [6.07, 6.45) is 1.70. The summed E-state index contributed by atoms with van der Waals surface area (Å²) in [6, 6.07) is 5.78. The zero-order valence-electron chi connectivity index (χ0n) is 15.1. The van der Waals surface area contributed by atoms with E-state index in [4.69, 9.17) is 9.15 Å². The van der Waals surface area contributed by atoms with Crippen molar-refractivity contribution >= 4 is 17.7 Å². The Balaban J connectivity index is 1.55. The second-order valence-electron chi connectivity index (χ2n) is 6.19. The van der Waals surface area contributed by atoms with Gasteiger partial charge in [0, 0.05) is 31.5 Å². The van der Waals surface area contributed by atoms with E-state index in [1.807, 2.05) is 32.0 Å². The number of nitrogens with one attached hydrogen (secondary N) is 1. The van der Waals surface area contributed by atoms with Crippen LogP contribution in [-0.4, -0.2) is 59.4 Å². The van der Waals surface area contributed by atoms with Crippen molar-refractivity contribution in [2.24, 2.45) is 0 Å². The van der Waals surface area contributed by atoms with Gasteiger partial charge >= 0.3 is 0 Å². The van der Waals surface area contributed by atoms with E-state index in [1.54, 1.807) is 6.20 Å². The van der Waals surface area contributed by atoms with Crippen LogP contribution in [-0.2, 0) is 9.53 Å². The van der Waals surface area contributed by atoms with Gasteiger partial charge in [0.2, 0.25) is 5.91 Å². The first-order chi connectivity index (χ1) is 12.6. The number of aromatic nitrogens is 2. The number of carbonyl (C=O) groups is 1. The molecule has 1 amide bonds. The molecule has 1 aliphatic rings. The van der Waals surface area contributed by atoms with E-state index < -0.39 is 0 Å². The Labute approximate surface area is 157 Å². The fourth-order valence-electron chi connectivity index (χ4n) is 2.82. The molecule has 0 radical (unpaired) electrons. The third-order valence-corrected chi connectivity index (χ3v) is 5.04. The number of carbonyl (C=O) groups excluding carboxylic acids is 1. The second kappa shape index (κ2) is 9.16. The summed E-state index contributed by atoms with van der Waals surface area (Å²) in [4.78, 5) is 23.0. The molecular weight excluding hydrogens is 352 g/mol. The van der Waals surface area contributed by atoms with E-state index >= 15 is 0 Å². The monoisotopic (exact) mass is 376 g/mol. The molecule has 1 N–H and O–H groups in total. The molecule has 1 atom stereocenters. The van der Waals surface area contributed by atoms with Gasteiger partial charge < -0.3 is 14.5 Å². The van der Waals surface area contributed by atoms with Crippen molar-refractivity contribution in [3.05, 3.63) is 41.6 Å². The lowest BCUT2D eigenvalue weighted by Gasteiger charge is -2.33. The first-order valence-corrected chi connectivity index (χ1v) is 9.67. The predicted octanol–water partition coefficient (Wildman–Crippen LogP) is 1.97. The zero-order valence-corrected chi connectivity index (χ0v) is 15.9. The fraction of sp³-hybridized carbons (Fsp3) is 0.500. The molecule has 26 heavy (non-hydrogen) atoms. The van der Waals surface area contributed by atoms with Crippen LogP contribution in [0.5, 0.6) is 0 Å². The third kappa shape index (κ3) is 5.30. The first-order valence-electron chi connectivity index (χ1n) is 8.69. The molecule has 0 spiro atoms. The largest absolute Gasteiger partial charge is 0.465 e. The summed E-state index contributed by atoms with van der Waals surface area (Å²) in [5.41, 5.74) is 0.892. The maximum absolute atomic E-state index is 12.3. The highest BCUT2D eigenvalue weighted by atomic mass is 32.2. The molecule has 1 saturated heterocycles. The molecule has 7 nitrogen and oxygen atoms in total. The molecule has 0 aliphatic carbocycles. The first kappa shape index (κ1) is 18.9. The van der Waals surface area contributed by atoms with Crippen molar-refractivity contribution in [2.45, 2.75) is 25.0 Å². The molecule has 3 rings (SSSR count). The van der Waals surface area contributed by atoms with Crippen molar-refractivity contribution in [3.63, 3.8) is 0 Å². The smallest absolute Gasteiger partial charge is 0.230 e. The van der Waals surface area contributed by atoms with Crippen LogP contribution in [0.3, 0.4) is 0 Å². The lowest BCUT2D eigenvalue weighted by atomic mass is 10.1. The standard InChI is InChI=1S/C18H24N4O3S/c1-13-5-6-19-18(21-13)26-12-17(23)20-11-15(16-4-3-14(2)25-16)22-7-9-24-10-8-22/h3-6,15H,7-12H2,1-2H3,(H,20,23). The Kier molecular flexibility index (Phi) is 6.65. The molecule has 0 aromatic carbocycles. The van der Waals surface area contributed by atoms with Crippen LogP contribution in [0.15, 0.2) is 34.0 Å². The molecule has 1 fully saturated rings. The summed E-state index contributed by atoms with van der Waals surface area (Å²) in [7, 11) is 0. The van der Waals surface area contributed by atoms with Gasteiger partial charge in [-0.25, -0.2) is 9.97 Å². The van der Waals surface area contributed by atoms with Gasteiger partial charge in [-0.3, -0.25) is 9.69 Å². The molecular formula is C18H24N4O3S. The van der Waals surface area contributed by atoms with Crippen molar-refractivity contribution in [3.8, 4) is 0 Å². The van der Waals surface area contributed by atoms with Gasteiger partial charge in [0.1, 0.15) is 11.5 Å². The van der Waals surface area contributed by atoms with Crippen LogP contribution in [0.25, 0.3) is 0 Å². The SMILES string of the molecule is Cc1ccnc(SCC(=O)NCC(c2ccc(C)o2)N2CCOCC2)n1. The van der Waals surface area contributed by atoms with Crippen LogP contribution in [0.1, 0.15) is 23.3 Å². The van der Waals surface area contributed by atoms with Crippen LogP contribution < -0.4 is 5.32 Å². The Morgan fingerprint density at radius 3 is 2.81 bits per heavy atom. The zero-order chi connectivity index (χ0) is 18.4. The number of rotatable bonds is 7. The van der Waals surface area contributed by atoms with Gasteiger partial charge in [0.25, 0.3) is 0 Å². The maximum Gasteiger partial charge on any atom is 0.230 e. The average molecular weight is 376 g/mol. The highest BCUT2D eigenvalue weighted by molar-refractivity contribution is 7.99. The van der Waals surface area contributed by atoms with Gasteiger partial charge in [-0.15, -0.1) is 0 Å². The summed E-state index contributed by atoms with van der Waals surface area (Å²) >= 11 is 1.34. The number of aryl methyl sites for hydroxylation is 2. The normalized spacial score (nSPS) is 16.4. The number of nitrogens with zero attached hydrogens (tertiary/aromatic N) is 3. The summed E-state index contributed by atoms with van der Waals surface area (Å²) in [5, 5.41) is 3.63. The minimum absolute atomic E-state index is 0.0109. The van der Waals surface area contributed by atoms with Crippen LogP contribution in [0, 0.1) is 13.8 Å². The van der Waals surface area contributed by atoms with E-state index in [0.717, 1.165) is 30.3 Å². The molecule has 1 unspecified atom stereocenters. The quantitative estimate of drug-likeness (QED) is 0.584. The van der Waals surface area contributed by atoms with Crippen molar-refractivity contribution in [2.75, 3.05) is 38.6 Å². The molecule has 1 aliphatic heterocycles. The average Bonchev–Trinajstić information content (AvgIpc) is 3.07. The predicted molar refractivity (Wildman–Crippen MR) is 99.1 cm³/mol. The summed E-state index contributed by atoms with van der Waals surface area (Å²) in [5.74, 6) is 1.99. The molecule has 0 bridgehead atoms. The summed E-state index contributed by atoms with van der Waals surface area (Å²) in [6.45, 7) is 7.38. The maximum atomic E-state index is 12.3. The van der Waals surface area contributed by atoms with Gasteiger partial charge in [-0.05, 0) is 32.0 Å². The number of thioether (sulfide) groups is 1. The lowest BCUT2D eigenvalue weighted by Crippen LogP contribution is -2.44. The third-order valence-electron chi connectivity index (χ3n) is 4.17. The summed E-state index contributed by atoms with van der Waals surface area (Å²) < 4.78 is 11.3. The fourth-order valence-corrected chi connectivity index (χ4v) is 3.52. The number of ether oxygens (including phenoxy) is 1. The molecule has 3 heterocycles. The molecule has 2 aromatic heterocycles. The van der Waals surface area contributed by atoms with Gasteiger partial charge in [-0.1, -0.05) is 11.8 Å². The highest BCUT2D eigenvalue weighted by Crippen LogP contribution is 2.23. The van der Waals surface area contributed by atoms with Crippen LogP contribution >= 0.6 is 11.8 Å². The van der Waals surface area contributed by atoms with Gasteiger partial charge in [0.15, 0.2) is 5.16 Å². The molecule has 8 heteroatoms. The number of amides is 1. The topological polar surface area (TPSA) is 80.5 Å². The second-order valence-corrected chi connectivity index (χ2v) is 7.13. The van der Waals surface area contributed by atoms with Crippen LogP contribution in [0.4, 0.5) is 0 Å². The van der Waals surface area contributed by atoms with E-state index in [9.17, 15) is 4.79 Å². The Morgan fingerprint density at radius 2 is 2.12 bits per heavy atom. The number of morpholine rings is 1. The highest BCUT2D eigenvalue weighted by Gasteiger charge is 2.25. The van der Waals surface area contributed by atoms with Gasteiger partial charge in [-0.2, -0.15) is 0 Å². The Hall–Kier alpha value is -1.90. The minimum atomic E-state index is -0.0401. The van der Waals surface area contributed by atoms with E-state index in [2.05, 4.69) is 20.2 Å². The number of furan rings is 1. The Bertz CT molecular complexity index is 731. The van der Waals surface area contributed by atoms with Crippen molar-refractivity contribution in [1.29, 1.82) is 0 Å². The lowest BCUT2D eigenvalue weighted by molar-refractivity contribution is -0.118. The number of hydrogen-bond donors (Lipinski definition) is 1. The molecule has 0 saturated carbocycles. The van der Waals surface area contributed by atoms with Crippen LogP contribution in [0.2, 0.25) is 0 Å². The van der Waals surface area contributed by atoms with Crippen molar-refractivity contribution < 1.29 is 13.9 Å². The number of hydrogen-bond acceptors (Lipinski definition) is 7. The molecule has 2 aromatic rings. The van der Waals surface area contributed by atoms with E-state index in [0.29, 0.717) is 24.9 Å². The Morgan fingerprint density at radius 1 is 1.31 bits per heavy atom. The van der Waals surface area contributed by atoms with Gasteiger partial charge in [0.05, 0.1) is 25.0 Å². The van der Waals surface area contributed by atoms with Crippen molar-refractivity contribution in [1.82, 2.24) is 20.2 Å². The van der Waals surface area contributed by atoms with E-state index in [1.165, 1.54) is 11.8 Å². The minimum Gasteiger partial charge on any atom is -0.465 e. The molecule has 140 valence electrons.